The zero-order valence-electron chi connectivity index (χ0n) is 17.4. The number of rotatable bonds is 7. The van der Waals surface area contributed by atoms with Crippen LogP contribution in [0, 0.1) is 12.7 Å². The maximum atomic E-state index is 13.7. The number of hydrogen-bond donors (Lipinski definition) is 2. The molecule has 2 N–H and O–H groups in total. The average molecular weight is 399 g/mol. The van der Waals surface area contributed by atoms with Gasteiger partial charge in [0.15, 0.2) is 5.96 Å². The third-order valence-electron chi connectivity index (χ3n) is 4.99. The number of nitrogens with one attached hydrogen (secondary N) is 2. The quantitative estimate of drug-likeness (QED) is 0.555. The van der Waals surface area contributed by atoms with Crippen molar-refractivity contribution < 1.29 is 9.13 Å². The lowest BCUT2D eigenvalue weighted by Crippen LogP contribution is -2.36. The van der Waals surface area contributed by atoms with Crippen LogP contribution in [0.25, 0.3) is 0 Å². The summed E-state index contributed by atoms with van der Waals surface area (Å²) in [4.78, 5) is 6.99. The van der Waals surface area contributed by atoms with E-state index in [1.54, 1.807) is 19.1 Å². The van der Waals surface area contributed by atoms with Crippen molar-refractivity contribution in [3.8, 4) is 0 Å². The van der Waals surface area contributed by atoms with E-state index in [0.717, 1.165) is 50.9 Å². The lowest BCUT2D eigenvalue weighted by atomic mass is 10.1. The number of halogens is 1. The van der Waals surface area contributed by atoms with Crippen molar-refractivity contribution in [2.75, 3.05) is 32.8 Å². The van der Waals surface area contributed by atoms with Crippen molar-refractivity contribution in [1.82, 2.24) is 15.5 Å². The lowest BCUT2D eigenvalue weighted by Gasteiger charge is -2.26. The second kappa shape index (κ2) is 10.9. The summed E-state index contributed by atoms with van der Waals surface area (Å²) in [5, 5.41) is 6.59. The predicted octanol–water partition coefficient (Wildman–Crippen LogP) is 3.22. The molecular weight excluding hydrogens is 367 g/mol. The molecule has 1 aliphatic heterocycles. The maximum Gasteiger partial charge on any atom is 0.191 e. The standard InChI is InChI=1S/C23H31FN4O/c1-3-25-23(27-16-21-5-4-18(2)22(24)14-21)26-15-19-6-8-20(9-7-19)17-28-10-12-29-13-11-28/h4-9,14H,3,10-13,15-17H2,1-2H3,(H2,25,26,27). The molecule has 0 saturated carbocycles. The van der Waals surface area contributed by atoms with E-state index in [9.17, 15) is 4.39 Å². The van der Waals surface area contributed by atoms with Crippen LogP contribution in [-0.4, -0.2) is 43.7 Å². The minimum Gasteiger partial charge on any atom is -0.379 e. The Morgan fingerprint density at radius 2 is 1.72 bits per heavy atom. The molecular formula is C23H31FN4O. The highest BCUT2D eigenvalue weighted by atomic mass is 19.1. The molecule has 0 spiro atoms. The number of hydrogen-bond acceptors (Lipinski definition) is 3. The van der Waals surface area contributed by atoms with Gasteiger partial charge in [-0.25, -0.2) is 9.38 Å². The van der Waals surface area contributed by atoms with Crippen molar-refractivity contribution in [3.05, 3.63) is 70.5 Å². The normalized spacial score (nSPS) is 15.3. The minimum absolute atomic E-state index is 0.187. The first kappa shape index (κ1) is 21.3. The summed E-state index contributed by atoms with van der Waals surface area (Å²) >= 11 is 0. The smallest absolute Gasteiger partial charge is 0.191 e. The van der Waals surface area contributed by atoms with Gasteiger partial charge in [-0.2, -0.15) is 0 Å². The van der Waals surface area contributed by atoms with E-state index in [1.807, 2.05) is 13.0 Å². The van der Waals surface area contributed by atoms with Gasteiger partial charge in [-0.05, 0) is 42.2 Å². The van der Waals surface area contributed by atoms with Crippen LogP contribution in [0.4, 0.5) is 4.39 Å². The SMILES string of the molecule is CCNC(=NCc1ccc(C)c(F)c1)NCc1ccc(CN2CCOCC2)cc1. The van der Waals surface area contributed by atoms with Gasteiger partial charge >= 0.3 is 0 Å². The summed E-state index contributed by atoms with van der Waals surface area (Å²) in [7, 11) is 0. The highest BCUT2D eigenvalue weighted by Crippen LogP contribution is 2.11. The van der Waals surface area contributed by atoms with Crippen LogP contribution in [-0.2, 0) is 24.4 Å². The molecule has 0 bridgehead atoms. The summed E-state index contributed by atoms with van der Waals surface area (Å²) < 4.78 is 19.1. The molecule has 1 aliphatic rings. The number of guanidine groups is 1. The Bertz CT molecular complexity index is 801. The Morgan fingerprint density at radius 3 is 2.41 bits per heavy atom. The van der Waals surface area contributed by atoms with Crippen LogP contribution in [0.3, 0.4) is 0 Å². The average Bonchev–Trinajstić information content (AvgIpc) is 2.74. The fraction of sp³-hybridized carbons (Fsp3) is 0.435. The number of aryl methyl sites for hydroxylation is 1. The predicted molar refractivity (Wildman–Crippen MR) is 115 cm³/mol. The summed E-state index contributed by atoms with van der Waals surface area (Å²) in [5.41, 5.74) is 4.03. The zero-order chi connectivity index (χ0) is 20.5. The van der Waals surface area contributed by atoms with Gasteiger partial charge in [-0.1, -0.05) is 36.4 Å². The van der Waals surface area contributed by atoms with E-state index < -0.39 is 0 Å². The Kier molecular flexibility index (Phi) is 8.02. The molecule has 0 amide bonds. The molecule has 156 valence electrons. The first-order valence-electron chi connectivity index (χ1n) is 10.3. The number of benzene rings is 2. The van der Waals surface area contributed by atoms with E-state index in [1.165, 1.54) is 11.1 Å². The van der Waals surface area contributed by atoms with E-state index in [4.69, 9.17) is 4.74 Å². The molecule has 0 aromatic heterocycles. The Morgan fingerprint density at radius 1 is 1.03 bits per heavy atom. The number of nitrogens with zero attached hydrogens (tertiary/aromatic N) is 2. The monoisotopic (exact) mass is 398 g/mol. The summed E-state index contributed by atoms with van der Waals surface area (Å²) in [6.07, 6.45) is 0. The van der Waals surface area contributed by atoms with Gasteiger partial charge in [0.1, 0.15) is 5.82 Å². The van der Waals surface area contributed by atoms with Gasteiger partial charge < -0.3 is 15.4 Å². The minimum atomic E-state index is -0.187. The number of ether oxygens (including phenoxy) is 1. The molecule has 3 rings (SSSR count). The molecule has 1 heterocycles. The molecule has 0 unspecified atom stereocenters. The van der Waals surface area contributed by atoms with Crippen molar-refractivity contribution in [2.24, 2.45) is 4.99 Å². The zero-order valence-corrected chi connectivity index (χ0v) is 17.4. The lowest BCUT2D eigenvalue weighted by molar-refractivity contribution is 0.0342. The molecule has 0 aliphatic carbocycles. The van der Waals surface area contributed by atoms with Gasteiger partial charge in [0.2, 0.25) is 0 Å². The van der Waals surface area contributed by atoms with Gasteiger partial charge in [0.05, 0.1) is 19.8 Å². The highest BCUT2D eigenvalue weighted by Gasteiger charge is 2.10. The second-order valence-electron chi connectivity index (χ2n) is 7.34. The number of morpholine rings is 1. The van der Waals surface area contributed by atoms with Crippen LogP contribution in [0.15, 0.2) is 47.5 Å². The van der Waals surface area contributed by atoms with Crippen LogP contribution in [0.5, 0.6) is 0 Å². The third kappa shape index (κ3) is 6.84. The molecule has 6 heteroatoms. The molecule has 0 radical (unpaired) electrons. The summed E-state index contributed by atoms with van der Waals surface area (Å²) in [6, 6.07) is 13.9. The van der Waals surface area contributed by atoms with Crippen molar-refractivity contribution >= 4 is 5.96 Å². The largest absolute Gasteiger partial charge is 0.379 e. The number of aliphatic imine (C=N–C) groups is 1. The summed E-state index contributed by atoms with van der Waals surface area (Å²) in [5.74, 6) is 0.540. The Hall–Kier alpha value is -2.44. The maximum absolute atomic E-state index is 13.7. The van der Waals surface area contributed by atoms with Gasteiger partial charge in [-0.15, -0.1) is 0 Å². The van der Waals surface area contributed by atoms with Crippen LogP contribution < -0.4 is 10.6 Å². The molecule has 0 atom stereocenters. The van der Waals surface area contributed by atoms with Crippen LogP contribution >= 0.6 is 0 Å². The van der Waals surface area contributed by atoms with Gasteiger partial charge in [0, 0.05) is 32.7 Å². The molecule has 29 heavy (non-hydrogen) atoms. The van der Waals surface area contributed by atoms with Crippen molar-refractivity contribution in [3.63, 3.8) is 0 Å². The molecule has 1 saturated heterocycles. The fourth-order valence-corrected chi connectivity index (χ4v) is 3.21. The Labute approximate surface area is 173 Å². The second-order valence-corrected chi connectivity index (χ2v) is 7.34. The molecule has 2 aromatic rings. The molecule has 2 aromatic carbocycles. The van der Waals surface area contributed by atoms with E-state index in [2.05, 4.69) is 44.8 Å². The molecule has 5 nitrogen and oxygen atoms in total. The van der Waals surface area contributed by atoms with Crippen molar-refractivity contribution in [1.29, 1.82) is 0 Å². The van der Waals surface area contributed by atoms with E-state index in [-0.39, 0.29) is 5.82 Å². The van der Waals surface area contributed by atoms with Crippen LogP contribution in [0.2, 0.25) is 0 Å². The first-order valence-corrected chi connectivity index (χ1v) is 10.3. The Balaban J connectivity index is 1.53. The first-order chi connectivity index (χ1) is 14.1. The molecule has 1 fully saturated rings. The van der Waals surface area contributed by atoms with Gasteiger partial charge in [0.25, 0.3) is 0 Å². The van der Waals surface area contributed by atoms with E-state index >= 15 is 0 Å². The van der Waals surface area contributed by atoms with Gasteiger partial charge in [-0.3, -0.25) is 4.90 Å². The van der Waals surface area contributed by atoms with Crippen LogP contribution in [0.1, 0.15) is 29.2 Å². The third-order valence-corrected chi connectivity index (χ3v) is 4.99. The van der Waals surface area contributed by atoms with Crippen molar-refractivity contribution in [2.45, 2.75) is 33.5 Å². The van der Waals surface area contributed by atoms with E-state index in [0.29, 0.717) is 18.7 Å². The topological polar surface area (TPSA) is 48.9 Å². The fourth-order valence-electron chi connectivity index (χ4n) is 3.21. The highest BCUT2D eigenvalue weighted by molar-refractivity contribution is 5.79. The summed E-state index contributed by atoms with van der Waals surface area (Å²) in [6.45, 7) is 10.3.